The predicted molar refractivity (Wildman–Crippen MR) is 119 cm³/mol. The Balaban J connectivity index is 1.44. The SMILES string of the molecule is O=C(O)[C@@H](Cc1c[nH]c2ccccc12)[As]S(=O)(=O)c1ccc2c3c(oc2c1)CCCC3. The quantitative estimate of drug-likeness (QED) is 0.386. The number of hydrogen-bond acceptors (Lipinski definition) is 4. The van der Waals surface area contributed by atoms with Gasteiger partial charge < -0.3 is 0 Å². The second-order valence-corrected chi connectivity index (χ2v) is 15.2. The predicted octanol–water partition coefficient (Wildman–Crippen LogP) is 4.30. The van der Waals surface area contributed by atoms with Gasteiger partial charge in [0.15, 0.2) is 0 Å². The molecule has 0 fully saturated rings. The molecule has 1 atom stereocenters. The molecule has 8 heteroatoms. The van der Waals surface area contributed by atoms with E-state index in [0.717, 1.165) is 53.3 Å². The third-order valence-corrected chi connectivity index (χ3v) is 12.8. The topological polar surface area (TPSA) is 100 Å². The molecule has 0 saturated heterocycles. The molecule has 0 aliphatic heterocycles. The summed E-state index contributed by atoms with van der Waals surface area (Å²) in [6.07, 6.45) is 5.97. The average Bonchev–Trinajstić information content (AvgIpc) is 3.34. The first-order valence-corrected chi connectivity index (χ1v) is 15.0. The van der Waals surface area contributed by atoms with Gasteiger partial charge in [0.1, 0.15) is 0 Å². The van der Waals surface area contributed by atoms with Gasteiger partial charge in [-0.3, -0.25) is 0 Å². The second kappa shape index (κ2) is 7.88. The van der Waals surface area contributed by atoms with Gasteiger partial charge in [0.25, 0.3) is 0 Å². The van der Waals surface area contributed by atoms with E-state index in [-0.39, 0.29) is 11.3 Å². The maximum atomic E-state index is 13.2. The Kier molecular flexibility index (Phi) is 5.19. The molecule has 5 rings (SSSR count). The number of nitrogens with one attached hydrogen (secondary N) is 1. The standard InChI is InChI=1S/C23H21AsNO5S/c26-23(27)19(11-14-13-25-20-7-3-1-5-16(14)20)24-31(28,29)15-9-10-18-17-6-2-4-8-21(17)30-22(18)12-15/h1,3,5,7,9-10,12-13,19,25H,2,4,6,8,11H2,(H,26,27)/t19-/m1/s1. The minimum atomic E-state index is -3.71. The van der Waals surface area contributed by atoms with Crippen LogP contribution in [-0.4, -0.2) is 39.1 Å². The first kappa shape index (κ1) is 20.4. The van der Waals surface area contributed by atoms with Gasteiger partial charge in [-0.05, 0) is 0 Å². The Morgan fingerprint density at radius 1 is 1.13 bits per heavy atom. The van der Waals surface area contributed by atoms with Crippen LogP contribution >= 0.6 is 0 Å². The van der Waals surface area contributed by atoms with Crippen molar-refractivity contribution in [1.82, 2.24) is 4.98 Å². The molecular weight excluding hydrogens is 477 g/mol. The van der Waals surface area contributed by atoms with E-state index < -0.39 is 33.4 Å². The van der Waals surface area contributed by atoms with Crippen LogP contribution < -0.4 is 0 Å². The molecule has 1 radical (unpaired) electrons. The molecule has 1 aliphatic rings. The van der Waals surface area contributed by atoms with E-state index in [0.29, 0.717) is 5.58 Å². The number of aryl methyl sites for hydroxylation is 2. The van der Waals surface area contributed by atoms with Crippen LogP contribution in [-0.2, 0) is 32.2 Å². The van der Waals surface area contributed by atoms with Gasteiger partial charge in [0.2, 0.25) is 0 Å². The summed E-state index contributed by atoms with van der Waals surface area (Å²) < 4.78 is 31.3. The number of furan rings is 1. The van der Waals surface area contributed by atoms with Gasteiger partial charge in [-0.25, -0.2) is 0 Å². The fourth-order valence-corrected chi connectivity index (χ4v) is 10.5. The summed E-state index contributed by atoms with van der Waals surface area (Å²) in [5, 5.41) is 11.7. The van der Waals surface area contributed by atoms with Crippen LogP contribution in [0.25, 0.3) is 21.9 Å². The Bertz CT molecular complexity index is 1400. The molecule has 6 nitrogen and oxygen atoms in total. The van der Waals surface area contributed by atoms with Gasteiger partial charge >= 0.3 is 186 Å². The average molecular weight is 498 g/mol. The van der Waals surface area contributed by atoms with E-state index in [9.17, 15) is 18.3 Å². The molecule has 0 spiro atoms. The Morgan fingerprint density at radius 3 is 2.77 bits per heavy atom. The van der Waals surface area contributed by atoms with Gasteiger partial charge in [0, 0.05) is 0 Å². The number of para-hydroxylation sites is 1. The first-order chi connectivity index (χ1) is 14.9. The van der Waals surface area contributed by atoms with Gasteiger partial charge in [-0.2, -0.15) is 0 Å². The number of carboxylic acids is 1. The van der Waals surface area contributed by atoms with Crippen molar-refractivity contribution in [2.24, 2.45) is 0 Å². The van der Waals surface area contributed by atoms with E-state index in [1.54, 1.807) is 18.3 Å². The van der Waals surface area contributed by atoms with Crippen LogP contribution in [0.5, 0.6) is 0 Å². The summed E-state index contributed by atoms with van der Waals surface area (Å²) >= 11 is -1.52. The third kappa shape index (κ3) is 3.81. The van der Waals surface area contributed by atoms with E-state index >= 15 is 0 Å². The first-order valence-electron chi connectivity index (χ1n) is 10.2. The molecule has 0 bridgehead atoms. The van der Waals surface area contributed by atoms with Crippen molar-refractivity contribution in [1.29, 1.82) is 0 Å². The van der Waals surface area contributed by atoms with Crippen molar-refractivity contribution >= 4 is 50.5 Å². The third-order valence-electron chi connectivity index (χ3n) is 5.87. The summed E-state index contributed by atoms with van der Waals surface area (Å²) in [5.74, 6) is -0.129. The van der Waals surface area contributed by atoms with Crippen molar-refractivity contribution in [2.75, 3.05) is 0 Å². The maximum absolute atomic E-state index is 13.2. The van der Waals surface area contributed by atoms with Crippen molar-refractivity contribution in [3.05, 3.63) is 65.5 Å². The van der Waals surface area contributed by atoms with Crippen molar-refractivity contribution < 1.29 is 22.7 Å². The van der Waals surface area contributed by atoms with Crippen molar-refractivity contribution in [2.45, 2.75) is 41.7 Å². The Hall–Kier alpha value is -2.50. The summed E-state index contributed by atoms with van der Waals surface area (Å²) in [6.45, 7) is 0. The van der Waals surface area contributed by atoms with E-state index in [1.807, 2.05) is 30.3 Å². The zero-order chi connectivity index (χ0) is 21.6. The number of aromatic amines is 1. The monoisotopic (exact) mass is 498 g/mol. The number of rotatable bonds is 6. The molecular formula is C23H21AsNO5S. The fourth-order valence-electron chi connectivity index (χ4n) is 4.31. The molecule has 159 valence electrons. The number of aliphatic carboxylic acids is 1. The molecule has 31 heavy (non-hydrogen) atoms. The van der Waals surface area contributed by atoms with Crippen LogP contribution in [0, 0.1) is 0 Å². The molecule has 0 saturated carbocycles. The Morgan fingerprint density at radius 2 is 1.94 bits per heavy atom. The van der Waals surface area contributed by atoms with Crippen LogP contribution in [0.1, 0.15) is 29.7 Å². The van der Waals surface area contributed by atoms with E-state index in [1.165, 1.54) is 5.56 Å². The number of H-pyrrole nitrogens is 1. The molecule has 0 unspecified atom stereocenters. The van der Waals surface area contributed by atoms with Crippen molar-refractivity contribution in [3.8, 4) is 0 Å². The molecule has 2 aromatic heterocycles. The zero-order valence-electron chi connectivity index (χ0n) is 16.7. The normalized spacial score (nSPS) is 15.6. The van der Waals surface area contributed by atoms with Crippen molar-refractivity contribution in [3.63, 3.8) is 0 Å². The Labute approximate surface area is 185 Å². The fraction of sp³-hybridized carbons (Fsp3) is 0.261. The number of carboxylic acid groups (broad SMARTS) is 1. The van der Waals surface area contributed by atoms with Crippen LogP contribution in [0.15, 0.2) is 58.0 Å². The van der Waals surface area contributed by atoms with Gasteiger partial charge in [-0.1, -0.05) is 0 Å². The van der Waals surface area contributed by atoms with Crippen LogP contribution in [0.4, 0.5) is 0 Å². The molecule has 0 amide bonds. The van der Waals surface area contributed by atoms with E-state index in [4.69, 9.17) is 4.42 Å². The summed E-state index contributed by atoms with van der Waals surface area (Å²) in [6, 6.07) is 12.6. The number of carbonyl (C=O) groups is 1. The molecule has 1 aliphatic carbocycles. The van der Waals surface area contributed by atoms with Gasteiger partial charge in [-0.15, -0.1) is 0 Å². The zero-order valence-corrected chi connectivity index (χ0v) is 19.4. The number of fused-ring (bicyclic) bond motifs is 4. The number of aromatic nitrogens is 1. The number of benzene rings is 2. The summed E-state index contributed by atoms with van der Waals surface area (Å²) in [5.41, 5.74) is 3.49. The number of hydrogen-bond donors (Lipinski definition) is 2. The molecule has 2 heterocycles. The summed E-state index contributed by atoms with van der Waals surface area (Å²) in [4.78, 5) is 15.2. The molecule has 2 N–H and O–H groups in total. The minimum absolute atomic E-state index is 0.149. The van der Waals surface area contributed by atoms with Gasteiger partial charge in [0.05, 0.1) is 0 Å². The summed E-state index contributed by atoms with van der Waals surface area (Å²) in [7, 11) is -3.71. The van der Waals surface area contributed by atoms with E-state index in [2.05, 4.69) is 4.98 Å². The van der Waals surface area contributed by atoms with Crippen LogP contribution in [0.3, 0.4) is 0 Å². The molecule has 4 aromatic rings. The molecule has 2 aromatic carbocycles. The van der Waals surface area contributed by atoms with Crippen LogP contribution in [0.2, 0.25) is 4.71 Å². The second-order valence-electron chi connectivity index (χ2n) is 7.87.